The third-order valence-corrected chi connectivity index (χ3v) is 13.3. The summed E-state index contributed by atoms with van der Waals surface area (Å²) in [5.74, 6) is -2.34. The molecule has 284 valence electrons. The van der Waals surface area contributed by atoms with Gasteiger partial charge in [0.2, 0.25) is 26.0 Å². The summed E-state index contributed by atoms with van der Waals surface area (Å²) in [6, 6.07) is 4.11. The van der Waals surface area contributed by atoms with E-state index in [1.54, 1.807) is 6.20 Å². The maximum atomic E-state index is 12.5. The van der Waals surface area contributed by atoms with Crippen LogP contribution in [0.15, 0.2) is 29.4 Å². The highest BCUT2D eigenvalue weighted by Crippen LogP contribution is 2.29. The number of aliphatic hydroxyl groups is 1. The van der Waals surface area contributed by atoms with Crippen LogP contribution in [-0.4, -0.2) is 126 Å². The van der Waals surface area contributed by atoms with E-state index in [9.17, 15) is 29.1 Å². The molecule has 21 heteroatoms. The van der Waals surface area contributed by atoms with Gasteiger partial charge in [-0.2, -0.15) is 0 Å². The van der Waals surface area contributed by atoms with E-state index in [1.165, 1.54) is 28.7 Å². The summed E-state index contributed by atoms with van der Waals surface area (Å²) < 4.78 is 16.3. The molecular formula is C29H51N5O12S2Si2. The molecule has 0 aliphatic carbocycles. The molecule has 2 atom stereocenters. The Morgan fingerprint density at radius 3 is 2.20 bits per heavy atom. The highest BCUT2D eigenvalue weighted by molar-refractivity contribution is 8.76. The first-order valence-corrected chi connectivity index (χ1v) is 24.5. The molecular weight excluding hydrogens is 731 g/mol. The van der Waals surface area contributed by atoms with Gasteiger partial charge >= 0.3 is 5.97 Å². The van der Waals surface area contributed by atoms with Crippen LogP contribution >= 0.6 is 21.6 Å². The molecule has 0 aromatic carbocycles. The fraction of sp³-hybridized carbons (Fsp3) is 0.655. The van der Waals surface area contributed by atoms with E-state index >= 15 is 0 Å². The number of hydrogen-bond donors (Lipinski definition) is 6. The number of ether oxygens (including phenoxy) is 1. The second kappa shape index (κ2) is 25.4. The lowest BCUT2D eigenvalue weighted by molar-refractivity contribution is -0.222. The lowest BCUT2D eigenvalue weighted by atomic mass is 10.3. The van der Waals surface area contributed by atoms with E-state index < -0.39 is 59.0 Å². The molecule has 50 heavy (non-hydrogen) atoms. The number of hydrogen-bond acceptors (Lipinski definition) is 14. The summed E-state index contributed by atoms with van der Waals surface area (Å²) in [7, 11) is -0.335. The van der Waals surface area contributed by atoms with Crippen LogP contribution in [0.2, 0.25) is 38.3 Å². The lowest BCUT2D eigenvalue weighted by Crippen LogP contribution is -2.49. The van der Waals surface area contributed by atoms with Gasteiger partial charge in [-0.25, -0.2) is 20.1 Å². The SMILES string of the molecule is COCC(NC(=O)CC[Si](C)(C)OOCCO[Si](C)(C)CCC(=O)NC(CO)C(=O)NOCCNC(=O)CCSSc1ccccn1)C(=O)O. The van der Waals surface area contributed by atoms with Crippen molar-refractivity contribution in [3.8, 4) is 0 Å². The van der Waals surface area contributed by atoms with Crippen LogP contribution in [0.4, 0.5) is 0 Å². The van der Waals surface area contributed by atoms with Crippen molar-refractivity contribution in [2.45, 2.75) is 74.6 Å². The van der Waals surface area contributed by atoms with Crippen LogP contribution < -0.4 is 21.4 Å². The van der Waals surface area contributed by atoms with Crippen LogP contribution in [0.1, 0.15) is 19.3 Å². The number of methoxy groups -OCH3 is 1. The molecule has 4 amide bonds. The minimum absolute atomic E-state index is 0.00752. The van der Waals surface area contributed by atoms with E-state index in [0.29, 0.717) is 24.3 Å². The lowest BCUT2D eigenvalue weighted by Gasteiger charge is -2.24. The molecule has 0 radical (unpaired) electrons. The first-order valence-electron chi connectivity index (χ1n) is 15.9. The molecule has 1 rings (SSSR count). The van der Waals surface area contributed by atoms with Crippen LogP contribution in [0.5, 0.6) is 0 Å². The molecule has 1 aromatic rings. The molecule has 0 bridgehead atoms. The van der Waals surface area contributed by atoms with Crippen molar-refractivity contribution in [1.29, 1.82) is 0 Å². The number of carboxylic acid groups (broad SMARTS) is 1. The van der Waals surface area contributed by atoms with Gasteiger partial charge in [-0.3, -0.25) is 28.6 Å². The van der Waals surface area contributed by atoms with Crippen LogP contribution in [0.25, 0.3) is 0 Å². The number of aliphatic carboxylic acids is 1. The quantitative estimate of drug-likeness (QED) is 0.0231. The van der Waals surface area contributed by atoms with Crippen molar-refractivity contribution in [1.82, 2.24) is 26.4 Å². The standard InChI is InChI=1S/C29H51N5O12S2Si2/c1-42-21-23(29(40)41)33-26(38)11-19-50(4,5)46-44-15-16-45-49(2,3)18-10-25(37)32-22(20-35)28(39)34-43-14-13-30-24(36)9-17-47-48-27-8-6-7-12-31-27/h6-8,12,22-23,35H,9-11,13-21H2,1-5H3,(H,30,36)(H,32,37)(H,33,38)(H,34,39)(H,40,41). The predicted molar refractivity (Wildman–Crippen MR) is 192 cm³/mol. The van der Waals surface area contributed by atoms with Crippen molar-refractivity contribution in [2.75, 3.05) is 52.4 Å². The zero-order chi connectivity index (χ0) is 37.4. The topological polar surface area (TPSA) is 233 Å². The first kappa shape index (κ1) is 45.4. The van der Waals surface area contributed by atoms with Gasteiger partial charge in [0.05, 0.1) is 26.4 Å². The molecule has 0 fully saturated rings. The van der Waals surface area contributed by atoms with Gasteiger partial charge in [0.15, 0.2) is 14.4 Å². The Balaban J connectivity index is 2.20. The number of carbonyl (C=O) groups is 5. The third-order valence-electron chi connectivity index (χ3n) is 6.55. The number of amides is 4. The Morgan fingerprint density at radius 1 is 0.900 bits per heavy atom. The molecule has 1 aromatic heterocycles. The number of aromatic nitrogens is 1. The van der Waals surface area contributed by atoms with Crippen LogP contribution in [0, 0.1) is 0 Å². The van der Waals surface area contributed by atoms with Gasteiger partial charge in [0.1, 0.15) is 17.7 Å². The fourth-order valence-electron chi connectivity index (χ4n) is 3.72. The Labute approximate surface area is 302 Å². The number of nitrogens with zero attached hydrogens (tertiary/aromatic N) is 1. The highest BCUT2D eigenvalue weighted by atomic mass is 33.1. The Hall–Kier alpha value is -2.61. The molecule has 0 aliphatic heterocycles. The predicted octanol–water partition coefficient (Wildman–Crippen LogP) is 1.22. The highest BCUT2D eigenvalue weighted by Gasteiger charge is 2.29. The van der Waals surface area contributed by atoms with Crippen molar-refractivity contribution in [2.24, 2.45) is 0 Å². The number of pyridine rings is 1. The molecule has 0 saturated carbocycles. The van der Waals surface area contributed by atoms with E-state index in [0.717, 1.165) is 5.03 Å². The van der Waals surface area contributed by atoms with E-state index in [1.807, 2.05) is 44.4 Å². The zero-order valence-corrected chi connectivity index (χ0v) is 32.8. The van der Waals surface area contributed by atoms with Gasteiger partial charge in [-0.15, -0.1) is 0 Å². The van der Waals surface area contributed by atoms with Gasteiger partial charge in [-0.1, -0.05) is 16.9 Å². The average molecular weight is 782 g/mol. The summed E-state index contributed by atoms with van der Waals surface area (Å²) in [5.41, 5.74) is 2.17. The Morgan fingerprint density at radius 2 is 1.58 bits per heavy atom. The molecule has 1 heterocycles. The van der Waals surface area contributed by atoms with Crippen molar-refractivity contribution < 1.29 is 57.7 Å². The third kappa shape index (κ3) is 22.3. The normalized spacial score (nSPS) is 12.8. The average Bonchev–Trinajstić information content (AvgIpc) is 3.07. The smallest absolute Gasteiger partial charge is 0.328 e. The summed E-state index contributed by atoms with van der Waals surface area (Å²) >= 11 is 0. The van der Waals surface area contributed by atoms with Gasteiger partial charge < -0.3 is 35.3 Å². The maximum absolute atomic E-state index is 12.5. The summed E-state index contributed by atoms with van der Waals surface area (Å²) in [6.07, 6.45) is 2.16. The van der Waals surface area contributed by atoms with Crippen molar-refractivity contribution in [3.63, 3.8) is 0 Å². The zero-order valence-electron chi connectivity index (χ0n) is 29.2. The van der Waals surface area contributed by atoms with Gasteiger partial charge in [0.25, 0.3) is 5.91 Å². The monoisotopic (exact) mass is 781 g/mol. The fourth-order valence-corrected chi connectivity index (χ4v) is 8.51. The molecule has 0 saturated heterocycles. The molecule has 0 spiro atoms. The van der Waals surface area contributed by atoms with Crippen molar-refractivity contribution in [3.05, 3.63) is 24.4 Å². The number of hydroxylamine groups is 1. The number of rotatable bonds is 28. The molecule has 17 nitrogen and oxygen atoms in total. The summed E-state index contributed by atoms with van der Waals surface area (Å²) in [4.78, 5) is 74.7. The Kier molecular flexibility index (Phi) is 23.0. The van der Waals surface area contributed by atoms with Crippen LogP contribution in [0.3, 0.4) is 0 Å². The first-order chi connectivity index (χ1) is 23.7. The minimum atomic E-state index is -2.39. The second-order valence-electron chi connectivity index (χ2n) is 12.0. The minimum Gasteiger partial charge on any atom is -0.480 e. The second-order valence-corrected chi connectivity index (χ2v) is 22.9. The number of nitrogens with one attached hydrogen (secondary N) is 4. The Bertz CT molecular complexity index is 1190. The number of aliphatic hydroxyl groups excluding tert-OH is 1. The molecule has 2 unspecified atom stereocenters. The summed E-state index contributed by atoms with van der Waals surface area (Å²) in [5, 5.41) is 27.2. The number of carbonyl (C=O) groups excluding carboxylic acids is 4. The van der Waals surface area contributed by atoms with E-state index in [4.69, 9.17) is 28.6 Å². The summed E-state index contributed by atoms with van der Waals surface area (Å²) in [6.45, 7) is 7.30. The van der Waals surface area contributed by atoms with Gasteiger partial charge in [-0.05, 0) is 61.2 Å². The van der Waals surface area contributed by atoms with Crippen molar-refractivity contribution >= 4 is 67.8 Å². The van der Waals surface area contributed by atoms with E-state index in [-0.39, 0.29) is 51.7 Å². The maximum Gasteiger partial charge on any atom is 0.328 e. The van der Waals surface area contributed by atoms with Gasteiger partial charge in [0, 0.05) is 44.9 Å². The van der Waals surface area contributed by atoms with E-state index in [2.05, 4.69) is 26.4 Å². The molecule has 6 N–H and O–H groups in total. The largest absolute Gasteiger partial charge is 0.480 e. The number of carboxylic acids is 1. The van der Waals surface area contributed by atoms with Crippen LogP contribution in [-0.2, 0) is 47.4 Å². The molecule has 0 aliphatic rings.